The zero-order valence-corrected chi connectivity index (χ0v) is 4.48. The first-order valence-electron chi connectivity index (χ1n) is 0.885. The molecule has 0 saturated heterocycles. The van der Waals surface area contributed by atoms with E-state index in [2.05, 4.69) is 0 Å². The van der Waals surface area contributed by atoms with Crippen molar-refractivity contribution in [3.63, 3.8) is 0 Å². The molecule has 0 rings (SSSR count). The third-order valence-corrected chi connectivity index (χ3v) is 0.742. The number of rotatable bonds is 0. The first-order valence-corrected chi connectivity index (χ1v) is 2.08. The zero-order valence-electron chi connectivity index (χ0n) is 2.21. The van der Waals surface area contributed by atoms with Crippen molar-refractivity contribution in [2.75, 3.05) is 0 Å². The van der Waals surface area contributed by atoms with Gasteiger partial charge < -0.3 is 0 Å². The Hall–Kier alpha value is 1.61. The standard InChI is InChI=1S/C2HCl3.Na.H/c3-1-2(4)5;;/h1H;;. The molecule has 0 fully saturated rings. The average Bonchev–Trinajstić information content (AvgIpc) is 1.38. The van der Waals surface area contributed by atoms with Gasteiger partial charge in [0, 0.05) is 5.54 Å². The van der Waals surface area contributed by atoms with E-state index in [-0.39, 0.29) is 34.0 Å². The summed E-state index contributed by atoms with van der Waals surface area (Å²) < 4.78 is 0.0895. The molecule has 0 aromatic rings. The van der Waals surface area contributed by atoms with Gasteiger partial charge in [-0.1, -0.05) is 34.8 Å². The van der Waals surface area contributed by atoms with Gasteiger partial charge in [-0.25, -0.2) is 0 Å². The summed E-state index contributed by atoms with van der Waals surface area (Å²) in [6.45, 7) is 0. The normalized spacial score (nSPS) is 5.83. The van der Waals surface area contributed by atoms with Gasteiger partial charge in [0.2, 0.25) is 0 Å². The molecule has 0 saturated carbocycles. The molecular weight excluding hydrogens is 153 g/mol. The average molecular weight is 155 g/mol. The summed E-state index contributed by atoms with van der Waals surface area (Å²) >= 11 is 14.8. The first kappa shape index (κ1) is 10.6. The van der Waals surface area contributed by atoms with Crippen LogP contribution in [0.1, 0.15) is 0 Å². The fourth-order valence-corrected chi connectivity index (χ4v) is 0. The van der Waals surface area contributed by atoms with Crippen molar-refractivity contribution in [2.24, 2.45) is 0 Å². The van der Waals surface area contributed by atoms with E-state index in [1.807, 2.05) is 0 Å². The van der Waals surface area contributed by atoms with Gasteiger partial charge in [0.05, 0.1) is 0 Å². The summed E-state index contributed by atoms with van der Waals surface area (Å²) in [5.74, 6) is 0. The van der Waals surface area contributed by atoms with E-state index in [0.29, 0.717) is 0 Å². The molecule has 0 bridgehead atoms. The summed E-state index contributed by atoms with van der Waals surface area (Å²) in [5.41, 5.74) is 1.09. The quantitative estimate of drug-likeness (QED) is 0.468. The van der Waals surface area contributed by atoms with E-state index in [9.17, 15) is 0 Å². The van der Waals surface area contributed by atoms with Crippen molar-refractivity contribution < 1.29 is 0 Å². The Balaban J connectivity index is 0. The SMILES string of the molecule is ClC=C(Cl)Cl.[NaH]. The van der Waals surface area contributed by atoms with Crippen LogP contribution >= 0.6 is 34.8 Å². The van der Waals surface area contributed by atoms with Crippen LogP contribution in [-0.2, 0) is 0 Å². The van der Waals surface area contributed by atoms with Gasteiger partial charge in [0.1, 0.15) is 4.49 Å². The molecule has 0 nitrogen and oxygen atoms in total. The molecule has 0 heterocycles. The maximum absolute atomic E-state index is 4.96. The predicted molar refractivity (Wildman–Crippen MR) is 32.8 cm³/mol. The monoisotopic (exact) mass is 154 g/mol. The van der Waals surface area contributed by atoms with E-state index in [1.165, 1.54) is 0 Å². The van der Waals surface area contributed by atoms with E-state index < -0.39 is 0 Å². The minimum atomic E-state index is 0. The van der Waals surface area contributed by atoms with Crippen LogP contribution in [0.2, 0.25) is 0 Å². The fourth-order valence-electron chi connectivity index (χ4n) is 0. The molecule has 0 aliphatic heterocycles. The summed E-state index contributed by atoms with van der Waals surface area (Å²) in [6.07, 6.45) is 0. The number of hydrogen-bond acceptors (Lipinski definition) is 0. The van der Waals surface area contributed by atoms with Gasteiger partial charge in [-0.3, -0.25) is 0 Å². The van der Waals surface area contributed by atoms with Crippen molar-refractivity contribution in [3.8, 4) is 0 Å². The molecule has 32 valence electrons. The molecule has 0 aliphatic carbocycles. The van der Waals surface area contributed by atoms with Gasteiger partial charge in [0.15, 0.2) is 0 Å². The summed E-state index contributed by atoms with van der Waals surface area (Å²) in [6, 6.07) is 0. The van der Waals surface area contributed by atoms with E-state index in [4.69, 9.17) is 34.8 Å². The molecule has 0 unspecified atom stereocenters. The van der Waals surface area contributed by atoms with E-state index in [0.717, 1.165) is 5.54 Å². The molecular formula is C2H2Cl3Na. The van der Waals surface area contributed by atoms with Gasteiger partial charge in [-0.2, -0.15) is 0 Å². The van der Waals surface area contributed by atoms with Crippen LogP contribution in [0.5, 0.6) is 0 Å². The Morgan fingerprint density at radius 2 is 1.50 bits per heavy atom. The maximum atomic E-state index is 4.96. The topological polar surface area (TPSA) is 0 Å². The van der Waals surface area contributed by atoms with Crippen LogP contribution in [0.3, 0.4) is 0 Å². The van der Waals surface area contributed by atoms with Crippen molar-refractivity contribution >= 4 is 64.4 Å². The second-order valence-corrected chi connectivity index (χ2v) is 1.62. The van der Waals surface area contributed by atoms with Crippen LogP contribution in [0.4, 0.5) is 0 Å². The van der Waals surface area contributed by atoms with Crippen molar-refractivity contribution in [1.82, 2.24) is 0 Å². The molecule has 0 spiro atoms. The summed E-state index contributed by atoms with van der Waals surface area (Å²) in [4.78, 5) is 0. The third-order valence-electron chi connectivity index (χ3n) is 0.0825. The molecule has 0 N–H and O–H groups in total. The second kappa shape index (κ2) is 6.61. The molecule has 0 aromatic carbocycles. The summed E-state index contributed by atoms with van der Waals surface area (Å²) in [5, 5.41) is 0. The van der Waals surface area contributed by atoms with Gasteiger partial charge in [-0.05, 0) is 0 Å². The molecule has 0 amide bonds. The molecule has 6 heavy (non-hydrogen) atoms. The van der Waals surface area contributed by atoms with Crippen molar-refractivity contribution in [2.45, 2.75) is 0 Å². The van der Waals surface area contributed by atoms with Crippen LogP contribution in [0.15, 0.2) is 10.0 Å². The third kappa shape index (κ3) is 9.15. The van der Waals surface area contributed by atoms with E-state index >= 15 is 0 Å². The van der Waals surface area contributed by atoms with Gasteiger partial charge >= 0.3 is 29.6 Å². The van der Waals surface area contributed by atoms with E-state index in [1.54, 1.807) is 0 Å². The first-order chi connectivity index (χ1) is 2.27. The fraction of sp³-hybridized carbons (Fsp3) is 0. The zero-order chi connectivity index (χ0) is 4.28. The number of halogens is 3. The molecule has 4 heteroatoms. The van der Waals surface area contributed by atoms with Gasteiger partial charge in [0.25, 0.3) is 0 Å². The minimum absolute atomic E-state index is 0. The van der Waals surface area contributed by atoms with Crippen molar-refractivity contribution in [1.29, 1.82) is 0 Å². The Bertz CT molecular complexity index is 46.8. The van der Waals surface area contributed by atoms with Crippen LogP contribution < -0.4 is 0 Å². The Morgan fingerprint density at radius 1 is 1.33 bits per heavy atom. The number of hydrogen-bond donors (Lipinski definition) is 0. The van der Waals surface area contributed by atoms with Crippen molar-refractivity contribution in [3.05, 3.63) is 10.0 Å². The molecule has 0 radical (unpaired) electrons. The van der Waals surface area contributed by atoms with Crippen LogP contribution in [0.25, 0.3) is 0 Å². The van der Waals surface area contributed by atoms with Gasteiger partial charge in [-0.15, -0.1) is 0 Å². The second-order valence-electron chi connectivity index (χ2n) is 0.399. The molecule has 0 atom stereocenters. The Labute approximate surface area is 73.7 Å². The predicted octanol–water partition coefficient (Wildman–Crippen LogP) is 1.85. The molecule has 0 aliphatic rings. The van der Waals surface area contributed by atoms with Crippen LogP contribution in [-0.4, -0.2) is 29.6 Å². The Morgan fingerprint density at radius 3 is 1.50 bits per heavy atom. The summed E-state index contributed by atoms with van der Waals surface area (Å²) in [7, 11) is 0. The Kier molecular flexibility index (Phi) is 11.6. The molecule has 0 aromatic heterocycles. The van der Waals surface area contributed by atoms with Crippen LogP contribution in [0, 0.1) is 0 Å².